The van der Waals surface area contributed by atoms with Gasteiger partial charge in [0.05, 0.1) is 12.2 Å². The van der Waals surface area contributed by atoms with Crippen LogP contribution in [0.25, 0.3) is 0 Å². The largest absolute Gasteiger partial charge is 0.492 e. The van der Waals surface area contributed by atoms with E-state index in [9.17, 15) is 38.5 Å². The molecule has 3 heterocycles. The van der Waals surface area contributed by atoms with E-state index in [0.29, 0.717) is 0 Å². The van der Waals surface area contributed by atoms with Gasteiger partial charge in [-0.3, -0.25) is 9.09 Å². The van der Waals surface area contributed by atoms with E-state index >= 15 is 0 Å². The van der Waals surface area contributed by atoms with Crippen LogP contribution in [0.5, 0.6) is 0 Å². The molecule has 30 heavy (non-hydrogen) atoms. The number of hydrogen-bond acceptors (Lipinski definition) is 13. The van der Waals surface area contributed by atoms with Crippen molar-refractivity contribution in [1.29, 1.82) is 0 Å². The summed E-state index contributed by atoms with van der Waals surface area (Å²) >= 11 is 0. The number of nitrogen functional groups attached to an aromatic ring is 1. The molecule has 2 saturated heterocycles. The zero-order valence-electron chi connectivity index (χ0n) is 14.4. The summed E-state index contributed by atoms with van der Waals surface area (Å²) in [6.45, 7) is -0.939. The summed E-state index contributed by atoms with van der Waals surface area (Å²) in [6.07, 6.45) is -0.254. The summed E-state index contributed by atoms with van der Waals surface area (Å²) in [5.41, 5.74) is 4.50. The number of nitrogens with zero attached hydrogens (tertiary/aromatic N) is 2. The Morgan fingerprint density at radius 3 is 2.37 bits per heavy atom. The van der Waals surface area contributed by atoms with Crippen LogP contribution in [-0.2, 0) is 35.9 Å². The van der Waals surface area contributed by atoms with Crippen molar-refractivity contribution in [3.63, 3.8) is 0 Å². The minimum atomic E-state index is -5.26. The van der Waals surface area contributed by atoms with Gasteiger partial charge in [-0.2, -0.15) is 17.9 Å². The van der Waals surface area contributed by atoms with Crippen molar-refractivity contribution in [2.24, 2.45) is 0 Å². The van der Waals surface area contributed by atoms with Gasteiger partial charge in [0.2, 0.25) is 0 Å². The zero-order valence-corrected chi connectivity index (χ0v) is 17.1. The Bertz CT molecular complexity index is 1070. The monoisotopic (exact) mass is 489 g/mol. The Morgan fingerprint density at radius 2 is 1.80 bits per heavy atom. The summed E-state index contributed by atoms with van der Waals surface area (Å²) in [7, 11) is -15.6. The lowest BCUT2D eigenvalue weighted by Gasteiger charge is -2.27. The molecular formula is C11H14N3O13P3. The Kier molecular flexibility index (Phi) is 6.14. The van der Waals surface area contributed by atoms with Crippen LogP contribution in [-0.4, -0.2) is 54.5 Å². The quantitative estimate of drug-likeness (QED) is 0.247. The molecule has 2 aliphatic heterocycles. The van der Waals surface area contributed by atoms with Crippen LogP contribution >= 0.6 is 23.5 Å². The number of aromatic nitrogens is 2. The summed E-state index contributed by atoms with van der Waals surface area (Å²) in [6, 6.07) is 0. The van der Waals surface area contributed by atoms with E-state index in [4.69, 9.17) is 16.9 Å². The molecule has 1 aromatic heterocycles. The van der Waals surface area contributed by atoms with Gasteiger partial charge in [-0.25, -0.2) is 18.5 Å². The number of ether oxygens (including phenoxy) is 1. The van der Waals surface area contributed by atoms with E-state index < -0.39 is 60.3 Å². The van der Waals surface area contributed by atoms with Crippen LogP contribution in [0.4, 0.5) is 5.82 Å². The molecule has 4 unspecified atom stereocenters. The van der Waals surface area contributed by atoms with Crippen molar-refractivity contribution >= 4 is 29.3 Å². The minimum absolute atomic E-state index is 0.00886. The van der Waals surface area contributed by atoms with Crippen LogP contribution in [0.1, 0.15) is 11.8 Å². The maximum absolute atomic E-state index is 12.2. The maximum Gasteiger partial charge on any atom is 0.492 e. The van der Waals surface area contributed by atoms with E-state index in [-0.39, 0.29) is 11.4 Å². The van der Waals surface area contributed by atoms with Gasteiger partial charge >= 0.3 is 29.2 Å². The molecule has 0 aromatic carbocycles. The molecule has 2 fully saturated rings. The van der Waals surface area contributed by atoms with Crippen LogP contribution in [0.2, 0.25) is 0 Å². The van der Waals surface area contributed by atoms with Crippen molar-refractivity contribution < 1.29 is 55.9 Å². The summed E-state index contributed by atoms with van der Waals surface area (Å²) in [5.74, 6) is 1.91. The standard InChI is InChI=1S/C11H14N3O13P3/c1-2-5-3-14(11(17)13-9(5)12)10-8(16)7(15)6(24-10)4-23-30(22)26-28(18,19)25-29(20,21)27-30/h1,3,6-8,10,15-16H,4H2,(H,18,19)(H,20,21)(H2,12,13,17)/t6-,7?,8?,10-/m1/s1. The molecule has 0 aliphatic carbocycles. The first kappa shape index (κ1) is 23.2. The van der Waals surface area contributed by atoms with Gasteiger partial charge in [0.25, 0.3) is 0 Å². The number of hydrogen-bond donors (Lipinski definition) is 5. The molecule has 2 aliphatic rings. The lowest BCUT2D eigenvalue weighted by molar-refractivity contribution is -0.0544. The smallest absolute Gasteiger partial charge is 0.387 e. The third-order valence-corrected chi connectivity index (χ3v) is 9.12. The van der Waals surface area contributed by atoms with Gasteiger partial charge in [-0.05, 0) is 0 Å². The highest BCUT2D eigenvalue weighted by Gasteiger charge is 2.55. The number of terminal acetylenes is 1. The number of nitrogens with two attached hydrogens (primary N) is 1. The number of aliphatic hydroxyl groups is 2. The van der Waals surface area contributed by atoms with Crippen molar-refractivity contribution in [2.45, 2.75) is 24.5 Å². The average molecular weight is 489 g/mol. The number of phosphoric acid groups is 3. The summed E-state index contributed by atoms with van der Waals surface area (Å²) in [4.78, 5) is 33.9. The molecule has 19 heteroatoms. The fourth-order valence-electron chi connectivity index (χ4n) is 2.51. The maximum atomic E-state index is 12.2. The fourth-order valence-corrected chi connectivity index (χ4v) is 7.45. The average Bonchev–Trinajstić information content (AvgIpc) is 2.85. The molecule has 0 bridgehead atoms. The summed E-state index contributed by atoms with van der Waals surface area (Å²) < 4.78 is 57.5. The van der Waals surface area contributed by atoms with E-state index in [1.807, 2.05) is 0 Å². The molecule has 0 saturated carbocycles. The first-order chi connectivity index (χ1) is 13.8. The van der Waals surface area contributed by atoms with E-state index in [1.54, 1.807) is 0 Å². The predicted octanol–water partition coefficient (Wildman–Crippen LogP) is -1.19. The molecule has 0 radical (unpaired) electrons. The molecular weight excluding hydrogens is 475 g/mol. The molecule has 16 nitrogen and oxygen atoms in total. The Morgan fingerprint density at radius 1 is 1.20 bits per heavy atom. The molecule has 166 valence electrons. The van der Waals surface area contributed by atoms with Crippen molar-refractivity contribution in [2.75, 3.05) is 12.3 Å². The molecule has 3 rings (SSSR count). The lowest BCUT2D eigenvalue weighted by atomic mass is 10.1. The molecule has 6 N–H and O–H groups in total. The number of rotatable bonds is 4. The first-order valence-corrected chi connectivity index (χ1v) is 12.1. The molecule has 1 aromatic rings. The van der Waals surface area contributed by atoms with E-state index in [1.165, 1.54) is 0 Å². The van der Waals surface area contributed by atoms with Crippen LogP contribution in [0, 0.1) is 12.3 Å². The Balaban J connectivity index is 1.78. The predicted molar refractivity (Wildman–Crippen MR) is 93.2 cm³/mol. The first-order valence-electron chi connectivity index (χ1n) is 7.67. The highest BCUT2D eigenvalue weighted by molar-refractivity contribution is 7.74. The van der Waals surface area contributed by atoms with Gasteiger partial charge < -0.3 is 30.5 Å². The number of aliphatic hydroxyl groups excluding tert-OH is 2. The Hall–Kier alpha value is -1.43. The lowest BCUT2D eigenvalue weighted by Crippen LogP contribution is -2.36. The van der Waals surface area contributed by atoms with Gasteiger partial charge in [0, 0.05) is 6.20 Å². The highest BCUT2D eigenvalue weighted by Crippen LogP contribution is 2.80. The zero-order chi connectivity index (χ0) is 22.5. The summed E-state index contributed by atoms with van der Waals surface area (Å²) in [5, 5.41) is 20.3. The van der Waals surface area contributed by atoms with E-state index in [2.05, 4.69) is 28.4 Å². The Labute approximate surface area is 167 Å². The van der Waals surface area contributed by atoms with E-state index in [0.717, 1.165) is 10.8 Å². The van der Waals surface area contributed by atoms with Gasteiger partial charge in [0.15, 0.2) is 6.23 Å². The van der Waals surface area contributed by atoms with Crippen LogP contribution in [0.3, 0.4) is 0 Å². The third kappa shape index (κ3) is 4.74. The third-order valence-electron chi connectivity index (χ3n) is 3.76. The molecule has 0 amide bonds. The van der Waals surface area contributed by atoms with Gasteiger partial charge in [-0.1, -0.05) is 5.92 Å². The second kappa shape index (κ2) is 7.92. The minimum Gasteiger partial charge on any atom is -0.387 e. The van der Waals surface area contributed by atoms with Crippen molar-refractivity contribution in [3.05, 3.63) is 22.2 Å². The normalized spacial score (nSPS) is 41.4. The highest BCUT2D eigenvalue weighted by atomic mass is 31.3. The second-order valence-corrected chi connectivity index (χ2v) is 10.8. The van der Waals surface area contributed by atoms with Gasteiger partial charge in [-0.15, -0.1) is 6.42 Å². The second-order valence-electron chi connectivity index (χ2n) is 5.85. The molecule has 6 atom stereocenters. The van der Waals surface area contributed by atoms with Crippen molar-refractivity contribution in [1.82, 2.24) is 9.55 Å². The fraction of sp³-hybridized carbons (Fsp3) is 0.455. The number of anilines is 1. The van der Waals surface area contributed by atoms with Gasteiger partial charge in [0.1, 0.15) is 24.1 Å². The SMILES string of the molecule is C#Cc1cn([C@@H]2O[C@H](COP3(=O)OP(=O)(O)OP(=O)(O)O3)C(O)C2O)c(=O)nc1N. The molecule has 0 spiro atoms. The van der Waals surface area contributed by atoms with Crippen LogP contribution < -0.4 is 11.4 Å². The van der Waals surface area contributed by atoms with Crippen LogP contribution in [0.15, 0.2) is 11.0 Å². The van der Waals surface area contributed by atoms with Crippen molar-refractivity contribution in [3.8, 4) is 12.3 Å². The topological polar surface area (TPSA) is 239 Å².